The smallest absolute Gasteiger partial charge is 0.416 e. The molecule has 0 aliphatic carbocycles. The van der Waals surface area contributed by atoms with Crippen LogP contribution >= 0.6 is 0 Å². The number of aromatic nitrogens is 2. The third kappa shape index (κ3) is 6.69. The molecule has 1 unspecified atom stereocenters. The number of rotatable bonds is 9. The van der Waals surface area contributed by atoms with Crippen LogP contribution in [0.25, 0.3) is 0 Å². The Kier molecular flexibility index (Phi) is 8.81. The number of ether oxygens (including phenoxy) is 1. The molecule has 0 radical (unpaired) electrons. The minimum absolute atomic E-state index is 0.324. The lowest BCUT2D eigenvalue weighted by atomic mass is 9.99. The molecule has 1 atom stereocenters. The summed E-state index contributed by atoms with van der Waals surface area (Å²) in [4.78, 5) is 31.8. The predicted molar refractivity (Wildman–Crippen MR) is 166 cm³/mol. The second kappa shape index (κ2) is 12.9. The molecule has 0 bridgehead atoms. The molecule has 3 saturated heterocycles. The van der Waals surface area contributed by atoms with Crippen LogP contribution in [0, 0.1) is 0 Å². The number of carbonyl (C=O) groups excluding carboxylic acids is 1. The average molecular weight is 624 g/mol. The molecule has 45 heavy (non-hydrogen) atoms. The van der Waals surface area contributed by atoms with Crippen molar-refractivity contribution in [3.8, 4) is 5.75 Å². The maximum absolute atomic E-state index is 13.4. The second-order valence-corrected chi connectivity index (χ2v) is 11.3. The fourth-order valence-corrected chi connectivity index (χ4v) is 6.15. The van der Waals surface area contributed by atoms with E-state index in [2.05, 4.69) is 37.0 Å². The summed E-state index contributed by atoms with van der Waals surface area (Å²) < 4.78 is 45.9. The van der Waals surface area contributed by atoms with E-state index in [1.807, 2.05) is 6.07 Å². The molecule has 0 spiro atoms. The van der Waals surface area contributed by atoms with Crippen molar-refractivity contribution in [2.24, 2.45) is 0 Å². The van der Waals surface area contributed by atoms with Gasteiger partial charge in [-0.05, 0) is 62.2 Å². The highest BCUT2D eigenvalue weighted by Crippen LogP contribution is 2.41. The fourth-order valence-electron chi connectivity index (χ4n) is 6.15. The Morgan fingerprint density at radius 3 is 2.56 bits per heavy atom. The fraction of sp³-hybridized carbons (Fsp3) is 0.406. The molecule has 3 aliphatic rings. The van der Waals surface area contributed by atoms with Gasteiger partial charge in [0.05, 0.1) is 42.4 Å². The zero-order valence-electron chi connectivity index (χ0n) is 25.0. The lowest BCUT2D eigenvalue weighted by molar-refractivity contribution is -0.137. The maximum Gasteiger partial charge on any atom is 0.416 e. The minimum Gasteiger partial charge on any atom is -0.494 e. The van der Waals surface area contributed by atoms with Crippen LogP contribution in [0.5, 0.6) is 5.75 Å². The quantitative estimate of drug-likeness (QED) is 0.281. The number of amides is 1. The van der Waals surface area contributed by atoms with Gasteiger partial charge in [-0.2, -0.15) is 13.2 Å². The molecular weight excluding hydrogens is 587 g/mol. The van der Waals surface area contributed by atoms with Crippen molar-refractivity contribution in [3.05, 3.63) is 72.6 Å². The summed E-state index contributed by atoms with van der Waals surface area (Å²) in [7, 11) is 1.57. The van der Waals surface area contributed by atoms with Crippen LogP contribution in [-0.2, 0) is 15.8 Å². The van der Waals surface area contributed by atoms with Crippen molar-refractivity contribution >= 4 is 34.6 Å². The van der Waals surface area contributed by atoms with Crippen LogP contribution in [0.1, 0.15) is 42.9 Å². The molecule has 13 heteroatoms. The Labute approximate surface area is 259 Å². The molecule has 3 aromatic rings. The van der Waals surface area contributed by atoms with Gasteiger partial charge in [-0.15, -0.1) is 0 Å². The van der Waals surface area contributed by atoms with Crippen LogP contribution in [0.3, 0.4) is 0 Å². The first-order valence-corrected chi connectivity index (χ1v) is 15.1. The monoisotopic (exact) mass is 623 g/mol. The summed E-state index contributed by atoms with van der Waals surface area (Å²) in [5.74, 6) is 0.999. The van der Waals surface area contributed by atoms with E-state index in [9.17, 15) is 18.0 Å². The van der Waals surface area contributed by atoms with Gasteiger partial charge in [0, 0.05) is 37.7 Å². The third-order valence-corrected chi connectivity index (χ3v) is 8.62. The summed E-state index contributed by atoms with van der Waals surface area (Å²) in [6, 6.07) is 10.7. The molecule has 2 aromatic carbocycles. The number of halogens is 3. The number of carbonyl (C=O) groups is 1. The van der Waals surface area contributed by atoms with E-state index in [4.69, 9.17) is 9.57 Å². The van der Waals surface area contributed by atoms with Gasteiger partial charge in [0.15, 0.2) is 5.82 Å². The van der Waals surface area contributed by atoms with Crippen molar-refractivity contribution in [1.82, 2.24) is 14.9 Å². The molecule has 3 aliphatic heterocycles. The third-order valence-electron chi connectivity index (χ3n) is 8.62. The van der Waals surface area contributed by atoms with E-state index >= 15 is 0 Å². The van der Waals surface area contributed by atoms with Crippen molar-refractivity contribution in [1.29, 1.82) is 0 Å². The van der Waals surface area contributed by atoms with E-state index in [-0.39, 0.29) is 5.91 Å². The molecule has 10 nitrogen and oxygen atoms in total. The zero-order valence-corrected chi connectivity index (χ0v) is 25.0. The molecular formula is C32H36F3N7O3. The molecule has 4 heterocycles. The number of likely N-dealkylation sites (tertiary alicyclic amines) is 1. The standard InChI is InChI=1S/C32H36F3N7O3/c1-3-31(43)39-24-17-25(28(44-2)18-27(24)41-13-8-23(9-14-41)40-11-5-12-40)38-29-19-30(37-20-36-29)42-26(10-15-45-42)21-6-4-7-22(16-21)32(33,34)35/h3-4,6-7,16-20,23,26H,1,5,8-15H2,2H3,(H,39,43)(H,36,37,38). The van der Waals surface area contributed by atoms with E-state index in [1.54, 1.807) is 25.3 Å². The van der Waals surface area contributed by atoms with Gasteiger partial charge in [-0.1, -0.05) is 18.7 Å². The van der Waals surface area contributed by atoms with E-state index in [1.165, 1.54) is 43.0 Å². The lowest BCUT2D eigenvalue weighted by Gasteiger charge is -2.43. The number of methoxy groups -OCH3 is 1. The van der Waals surface area contributed by atoms with Crippen LogP contribution in [-0.4, -0.2) is 66.7 Å². The Morgan fingerprint density at radius 1 is 1.07 bits per heavy atom. The number of piperidine rings is 1. The van der Waals surface area contributed by atoms with E-state index in [0.717, 1.165) is 43.8 Å². The van der Waals surface area contributed by atoms with Gasteiger partial charge >= 0.3 is 6.18 Å². The molecule has 1 amide bonds. The Hall–Kier alpha value is -4.36. The Bertz CT molecular complexity index is 1540. The predicted octanol–water partition coefficient (Wildman–Crippen LogP) is 5.93. The van der Waals surface area contributed by atoms with Gasteiger partial charge in [-0.25, -0.2) is 15.0 Å². The molecule has 0 saturated carbocycles. The van der Waals surface area contributed by atoms with Gasteiger partial charge in [-0.3, -0.25) is 9.63 Å². The summed E-state index contributed by atoms with van der Waals surface area (Å²) in [6.45, 7) is 7.96. The van der Waals surface area contributed by atoms with Crippen molar-refractivity contribution < 1.29 is 27.5 Å². The van der Waals surface area contributed by atoms with Gasteiger partial charge in [0.25, 0.3) is 0 Å². The van der Waals surface area contributed by atoms with Crippen LogP contribution in [0.15, 0.2) is 61.4 Å². The van der Waals surface area contributed by atoms with Gasteiger partial charge < -0.3 is 25.2 Å². The SMILES string of the molecule is C=CC(=O)Nc1cc(Nc2cc(N3OCCC3c3cccc(C(F)(F)F)c3)ncn2)c(OC)cc1N1CCC(N2CCC2)CC1. The van der Waals surface area contributed by atoms with Crippen molar-refractivity contribution in [2.75, 3.05) is 60.5 Å². The number of hydrogen-bond donors (Lipinski definition) is 2. The summed E-state index contributed by atoms with van der Waals surface area (Å²) in [5, 5.41) is 7.72. The van der Waals surface area contributed by atoms with Crippen LogP contribution in [0.2, 0.25) is 0 Å². The van der Waals surface area contributed by atoms with Crippen LogP contribution in [0.4, 0.5) is 41.9 Å². The average Bonchev–Trinajstić information content (AvgIpc) is 3.51. The van der Waals surface area contributed by atoms with Gasteiger partial charge in [0.2, 0.25) is 5.91 Å². The molecule has 238 valence electrons. The number of benzene rings is 2. The van der Waals surface area contributed by atoms with Crippen LogP contribution < -0.4 is 25.3 Å². The molecule has 1 aromatic heterocycles. The number of alkyl halides is 3. The van der Waals surface area contributed by atoms with Gasteiger partial charge in [0.1, 0.15) is 17.9 Å². The zero-order chi connectivity index (χ0) is 31.6. The minimum atomic E-state index is -4.45. The second-order valence-electron chi connectivity index (χ2n) is 11.3. The first kappa shape index (κ1) is 30.7. The molecule has 3 fully saturated rings. The summed E-state index contributed by atoms with van der Waals surface area (Å²) in [5.41, 5.74) is 1.77. The normalized spacial score (nSPS) is 19.2. The number of hydroxylamine groups is 1. The van der Waals surface area contributed by atoms with E-state index < -0.39 is 17.8 Å². The first-order chi connectivity index (χ1) is 21.7. The largest absolute Gasteiger partial charge is 0.494 e. The topological polar surface area (TPSA) is 95.1 Å². The number of nitrogens with zero attached hydrogens (tertiary/aromatic N) is 5. The highest BCUT2D eigenvalue weighted by molar-refractivity contribution is 6.02. The van der Waals surface area contributed by atoms with Crippen molar-refractivity contribution in [2.45, 2.75) is 43.9 Å². The number of nitrogens with one attached hydrogen (secondary N) is 2. The molecule has 6 rings (SSSR count). The maximum atomic E-state index is 13.4. The number of anilines is 5. The Morgan fingerprint density at radius 2 is 1.87 bits per heavy atom. The molecule has 2 N–H and O–H groups in total. The summed E-state index contributed by atoms with van der Waals surface area (Å²) in [6.07, 6.45) is 1.97. The van der Waals surface area contributed by atoms with E-state index in [0.29, 0.717) is 53.4 Å². The summed E-state index contributed by atoms with van der Waals surface area (Å²) >= 11 is 0. The highest BCUT2D eigenvalue weighted by Gasteiger charge is 2.34. The lowest BCUT2D eigenvalue weighted by Crippen LogP contribution is -2.50. The first-order valence-electron chi connectivity index (χ1n) is 15.1. The highest BCUT2D eigenvalue weighted by atomic mass is 19.4. The Balaban J connectivity index is 1.25. The van der Waals surface area contributed by atoms with Crippen molar-refractivity contribution in [3.63, 3.8) is 0 Å². The number of hydrogen-bond acceptors (Lipinski definition) is 9.